The SMILES string of the molecule is O=C(NCCc1ccccc1)NCc1cccc(CNC(=O)c2ccc3c(c2)OCO3)c1. The van der Waals surface area contributed by atoms with Crippen LogP contribution in [0.1, 0.15) is 27.0 Å². The van der Waals surface area contributed by atoms with Crippen molar-refractivity contribution in [1.82, 2.24) is 16.0 Å². The summed E-state index contributed by atoms with van der Waals surface area (Å²) in [6, 6.07) is 22.7. The number of ether oxygens (including phenoxy) is 2. The van der Waals surface area contributed by atoms with E-state index < -0.39 is 0 Å². The first-order valence-electron chi connectivity index (χ1n) is 10.5. The summed E-state index contributed by atoms with van der Waals surface area (Å²) in [5.74, 6) is 1.03. The van der Waals surface area contributed by atoms with Crippen molar-refractivity contribution in [3.63, 3.8) is 0 Å². The van der Waals surface area contributed by atoms with Gasteiger partial charge in [-0.15, -0.1) is 0 Å². The number of hydrogen-bond acceptors (Lipinski definition) is 4. The van der Waals surface area contributed by atoms with E-state index >= 15 is 0 Å². The largest absolute Gasteiger partial charge is 0.454 e. The van der Waals surface area contributed by atoms with Crippen molar-refractivity contribution in [2.45, 2.75) is 19.5 Å². The van der Waals surface area contributed by atoms with Gasteiger partial charge in [-0.2, -0.15) is 0 Å². The third-order valence-electron chi connectivity index (χ3n) is 5.07. The highest BCUT2D eigenvalue weighted by atomic mass is 16.7. The van der Waals surface area contributed by atoms with E-state index in [2.05, 4.69) is 16.0 Å². The Hall–Kier alpha value is -4.00. The van der Waals surface area contributed by atoms with Gasteiger partial charge < -0.3 is 25.4 Å². The minimum atomic E-state index is -0.206. The Kier molecular flexibility index (Phi) is 6.87. The van der Waals surface area contributed by atoms with Crippen LogP contribution in [0.25, 0.3) is 0 Å². The smallest absolute Gasteiger partial charge is 0.315 e. The van der Waals surface area contributed by atoms with Gasteiger partial charge in [0, 0.05) is 25.2 Å². The van der Waals surface area contributed by atoms with Crippen LogP contribution in [0.5, 0.6) is 11.5 Å². The number of rotatable bonds is 8. The molecule has 0 atom stereocenters. The van der Waals surface area contributed by atoms with Crippen LogP contribution in [0.15, 0.2) is 72.8 Å². The summed E-state index contributed by atoms with van der Waals surface area (Å²) in [7, 11) is 0. The zero-order chi connectivity index (χ0) is 22.2. The van der Waals surface area contributed by atoms with Crippen molar-refractivity contribution < 1.29 is 19.1 Å². The van der Waals surface area contributed by atoms with Gasteiger partial charge in [0.2, 0.25) is 6.79 Å². The van der Waals surface area contributed by atoms with E-state index in [1.807, 2.05) is 54.6 Å². The molecule has 164 valence electrons. The van der Waals surface area contributed by atoms with Gasteiger partial charge in [-0.25, -0.2) is 4.79 Å². The predicted octanol–water partition coefficient (Wildman–Crippen LogP) is 3.39. The number of urea groups is 1. The Labute approximate surface area is 186 Å². The molecule has 3 amide bonds. The monoisotopic (exact) mass is 431 g/mol. The molecule has 0 unspecified atom stereocenters. The van der Waals surface area contributed by atoms with Crippen LogP contribution in [-0.4, -0.2) is 25.3 Å². The molecule has 0 saturated heterocycles. The second-order valence-corrected chi connectivity index (χ2v) is 7.42. The van der Waals surface area contributed by atoms with Gasteiger partial charge >= 0.3 is 6.03 Å². The summed E-state index contributed by atoms with van der Waals surface area (Å²) in [6.45, 7) is 1.53. The quantitative estimate of drug-likeness (QED) is 0.510. The summed E-state index contributed by atoms with van der Waals surface area (Å²) >= 11 is 0. The number of fused-ring (bicyclic) bond motifs is 1. The van der Waals surface area contributed by atoms with Gasteiger partial charge in [0.1, 0.15) is 0 Å². The lowest BCUT2D eigenvalue weighted by Gasteiger charge is -2.10. The molecule has 3 aromatic carbocycles. The Morgan fingerprint density at radius 3 is 2.25 bits per heavy atom. The summed E-state index contributed by atoms with van der Waals surface area (Å²) in [5, 5.41) is 8.64. The topological polar surface area (TPSA) is 88.7 Å². The summed E-state index contributed by atoms with van der Waals surface area (Å²) in [5.41, 5.74) is 3.60. The second kappa shape index (κ2) is 10.3. The predicted molar refractivity (Wildman–Crippen MR) is 121 cm³/mol. The van der Waals surface area contributed by atoms with Crippen molar-refractivity contribution in [1.29, 1.82) is 0 Å². The minimum absolute atomic E-state index is 0.173. The average Bonchev–Trinajstić information content (AvgIpc) is 3.30. The maximum absolute atomic E-state index is 12.4. The summed E-state index contributed by atoms with van der Waals surface area (Å²) in [4.78, 5) is 24.5. The van der Waals surface area contributed by atoms with Crippen molar-refractivity contribution >= 4 is 11.9 Å². The molecule has 7 heteroatoms. The normalized spacial score (nSPS) is 11.6. The van der Waals surface area contributed by atoms with Crippen molar-refractivity contribution in [3.05, 3.63) is 95.1 Å². The van der Waals surface area contributed by atoms with Crippen molar-refractivity contribution in [2.24, 2.45) is 0 Å². The molecule has 0 aromatic heterocycles. The number of carbonyl (C=O) groups is 2. The number of benzene rings is 3. The first-order valence-corrected chi connectivity index (χ1v) is 10.5. The van der Waals surface area contributed by atoms with Crippen LogP contribution >= 0.6 is 0 Å². The zero-order valence-corrected chi connectivity index (χ0v) is 17.6. The maximum Gasteiger partial charge on any atom is 0.315 e. The van der Waals surface area contributed by atoms with E-state index in [9.17, 15) is 9.59 Å². The molecule has 1 heterocycles. The van der Waals surface area contributed by atoms with Crippen LogP contribution in [0.3, 0.4) is 0 Å². The fourth-order valence-corrected chi connectivity index (χ4v) is 3.38. The molecule has 0 aliphatic carbocycles. The highest BCUT2D eigenvalue weighted by Crippen LogP contribution is 2.32. The van der Waals surface area contributed by atoms with E-state index in [4.69, 9.17) is 9.47 Å². The molecule has 0 spiro atoms. The second-order valence-electron chi connectivity index (χ2n) is 7.42. The zero-order valence-electron chi connectivity index (χ0n) is 17.6. The third kappa shape index (κ3) is 5.78. The fourth-order valence-electron chi connectivity index (χ4n) is 3.38. The lowest BCUT2D eigenvalue weighted by Crippen LogP contribution is -2.36. The van der Waals surface area contributed by atoms with Crippen molar-refractivity contribution in [2.75, 3.05) is 13.3 Å². The highest BCUT2D eigenvalue weighted by Gasteiger charge is 2.16. The van der Waals surface area contributed by atoms with Crippen LogP contribution in [0, 0.1) is 0 Å². The highest BCUT2D eigenvalue weighted by molar-refractivity contribution is 5.94. The van der Waals surface area contributed by atoms with Crippen LogP contribution < -0.4 is 25.4 Å². The third-order valence-corrected chi connectivity index (χ3v) is 5.07. The molecule has 1 aliphatic heterocycles. The fraction of sp³-hybridized carbons (Fsp3) is 0.200. The van der Waals surface area contributed by atoms with E-state index in [1.54, 1.807) is 18.2 Å². The van der Waals surface area contributed by atoms with E-state index in [0.717, 1.165) is 17.5 Å². The lowest BCUT2D eigenvalue weighted by atomic mass is 10.1. The first kappa shape index (κ1) is 21.2. The van der Waals surface area contributed by atoms with Gasteiger partial charge in [-0.3, -0.25) is 4.79 Å². The molecule has 32 heavy (non-hydrogen) atoms. The Bertz CT molecular complexity index is 1090. The standard InChI is InChI=1S/C25H25N3O4/c29-24(21-9-10-22-23(14-21)32-17-31-22)27-15-19-7-4-8-20(13-19)16-28-25(30)26-12-11-18-5-2-1-3-6-18/h1-10,13-14H,11-12,15-17H2,(H,27,29)(H2,26,28,30). The molecule has 0 fully saturated rings. The van der Waals surface area contributed by atoms with Gasteiger partial charge in [-0.05, 0) is 41.3 Å². The molecule has 4 rings (SSSR count). The molecule has 0 saturated carbocycles. The van der Waals surface area contributed by atoms with E-state index in [0.29, 0.717) is 36.7 Å². The molecule has 0 radical (unpaired) electrons. The Balaban J connectivity index is 1.21. The summed E-state index contributed by atoms with van der Waals surface area (Å²) < 4.78 is 10.6. The van der Waals surface area contributed by atoms with Gasteiger partial charge in [-0.1, -0.05) is 54.6 Å². The molecule has 1 aliphatic rings. The van der Waals surface area contributed by atoms with Crippen molar-refractivity contribution in [3.8, 4) is 11.5 Å². The molecular formula is C25H25N3O4. The van der Waals surface area contributed by atoms with Gasteiger partial charge in [0.05, 0.1) is 0 Å². The maximum atomic E-state index is 12.4. The molecule has 7 nitrogen and oxygen atoms in total. The van der Waals surface area contributed by atoms with Crippen LogP contribution in [0.2, 0.25) is 0 Å². The summed E-state index contributed by atoms with van der Waals surface area (Å²) in [6.07, 6.45) is 0.785. The number of amides is 3. The average molecular weight is 431 g/mol. The Morgan fingerprint density at radius 1 is 0.719 bits per heavy atom. The molecule has 3 aromatic rings. The number of nitrogens with one attached hydrogen (secondary N) is 3. The molecule has 0 bridgehead atoms. The lowest BCUT2D eigenvalue weighted by molar-refractivity contribution is 0.0950. The Morgan fingerprint density at radius 2 is 1.44 bits per heavy atom. The minimum Gasteiger partial charge on any atom is -0.454 e. The number of carbonyl (C=O) groups excluding carboxylic acids is 2. The first-order chi connectivity index (χ1) is 15.7. The van der Waals surface area contributed by atoms with Crippen LogP contribution in [0.4, 0.5) is 4.79 Å². The van der Waals surface area contributed by atoms with Gasteiger partial charge in [0.15, 0.2) is 11.5 Å². The van der Waals surface area contributed by atoms with E-state index in [-0.39, 0.29) is 18.7 Å². The van der Waals surface area contributed by atoms with E-state index in [1.165, 1.54) is 5.56 Å². The van der Waals surface area contributed by atoms with Crippen LogP contribution in [-0.2, 0) is 19.5 Å². The molecule has 3 N–H and O–H groups in total. The van der Waals surface area contributed by atoms with Gasteiger partial charge in [0.25, 0.3) is 5.91 Å². The number of hydrogen-bond donors (Lipinski definition) is 3. The molecular weight excluding hydrogens is 406 g/mol.